The van der Waals surface area contributed by atoms with Gasteiger partial charge in [0.1, 0.15) is 11.6 Å². The quantitative estimate of drug-likeness (QED) is 0.795. The second kappa shape index (κ2) is 7.37. The maximum absolute atomic E-state index is 13.9. The van der Waals surface area contributed by atoms with Gasteiger partial charge in [-0.15, -0.1) is 0 Å². The van der Waals surface area contributed by atoms with E-state index in [0.29, 0.717) is 17.2 Å². The average Bonchev–Trinajstić information content (AvgIpc) is 2.39. The van der Waals surface area contributed by atoms with E-state index in [0.717, 1.165) is 19.4 Å². The molecule has 1 aromatic carbocycles. The van der Waals surface area contributed by atoms with Crippen molar-refractivity contribution in [2.24, 2.45) is 5.92 Å². The van der Waals surface area contributed by atoms with Crippen molar-refractivity contribution in [2.45, 2.75) is 39.7 Å². The van der Waals surface area contributed by atoms with Gasteiger partial charge in [-0.05, 0) is 31.5 Å². The lowest BCUT2D eigenvalue weighted by Crippen LogP contribution is -2.26. The Labute approximate surface area is 110 Å². The predicted octanol–water partition coefficient (Wildman–Crippen LogP) is 3.92. The van der Waals surface area contributed by atoms with Crippen molar-refractivity contribution in [1.29, 1.82) is 0 Å². The highest BCUT2D eigenvalue weighted by Crippen LogP contribution is 2.27. The fourth-order valence-corrected chi connectivity index (χ4v) is 2.14. The van der Waals surface area contributed by atoms with Gasteiger partial charge in [0, 0.05) is 11.6 Å². The summed E-state index contributed by atoms with van der Waals surface area (Å²) >= 11 is 0. The minimum atomic E-state index is -0.209. The molecule has 0 saturated heterocycles. The highest BCUT2D eigenvalue weighted by molar-refractivity contribution is 5.36. The molecular formula is C15H24FNO. The summed E-state index contributed by atoms with van der Waals surface area (Å²) in [7, 11) is 1.58. The van der Waals surface area contributed by atoms with Crippen LogP contribution in [-0.4, -0.2) is 13.7 Å². The molecule has 0 saturated carbocycles. The number of hydrogen-bond acceptors (Lipinski definition) is 2. The molecule has 18 heavy (non-hydrogen) atoms. The van der Waals surface area contributed by atoms with Crippen LogP contribution in [0.2, 0.25) is 0 Å². The van der Waals surface area contributed by atoms with Gasteiger partial charge in [-0.2, -0.15) is 0 Å². The molecule has 0 fully saturated rings. The summed E-state index contributed by atoms with van der Waals surface area (Å²) in [5.41, 5.74) is 0.617. The fourth-order valence-electron chi connectivity index (χ4n) is 2.14. The molecule has 0 heterocycles. The van der Waals surface area contributed by atoms with Crippen LogP contribution in [0.4, 0.5) is 4.39 Å². The minimum absolute atomic E-state index is 0.0400. The molecule has 102 valence electrons. The van der Waals surface area contributed by atoms with Crippen LogP contribution >= 0.6 is 0 Å². The highest BCUT2D eigenvalue weighted by Gasteiger charge is 2.16. The largest absolute Gasteiger partial charge is 0.496 e. The van der Waals surface area contributed by atoms with Gasteiger partial charge < -0.3 is 10.1 Å². The molecule has 3 heteroatoms. The van der Waals surface area contributed by atoms with Crippen LogP contribution in [0.3, 0.4) is 0 Å². The fraction of sp³-hybridized carbons (Fsp3) is 0.600. The zero-order valence-corrected chi connectivity index (χ0v) is 11.8. The number of halogens is 1. The van der Waals surface area contributed by atoms with Crippen LogP contribution < -0.4 is 10.1 Å². The molecule has 0 spiro atoms. The second-order valence-electron chi connectivity index (χ2n) is 4.67. The van der Waals surface area contributed by atoms with Crippen molar-refractivity contribution >= 4 is 0 Å². The first kappa shape index (κ1) is 15.0. The van der Waals surface area contributed by atoms with Crippen LogP contribution in [0.1, 0.15) is 45.2 Å². The number of ether oxygens (including phenoxy) is 1. The van der Waals surface area contributed by atoms with Gasteiger partial charge in [0.25, 0.3) is 0 Å². The van der Waals surface area contributed by atoms with E-state index < -0.39 is 0 Å². The zero-order chi connectivity index (χ0) is 13.5. The average molecular weight is 253 g/mol. The van der Waals surface area contributed by atoms with Crippen LogP contribution in [0.5, 0.6) is 5.75 Å². The Kier molecular flexibility index (Phi) is 6.13. The van der Waals surface area contributed by atoms with E-state index in [2.05, 4.69) is 19.2 Å². The van der Waals surface area contributed by atoms with Crippen molar-refractivity contribution in [3.63, 3.8) is 0 Å². The van der Waals surface area contributed by atoms with Crippen molar-refractivity contribution < 1.29 is 9.13 Å². The summed E-state index contributed by atoms with van der Waals surface area (Å²) in [5, 5.41) is 3.40. The Bertz CT molecular complexity index is 364. The van der Waals surface area contributed by atoms with Gasteiger partial charge >= 0.3 is 0 Å². The van der Waals surface area contributed by atoms with E-state index in [1.54, 1.807) is 19.2 Å². The predicted molar refractivity (Wildman–Crippen MR) is 73.4 cm³/mol. The van der Waals surface area contributed by atoms with Crippen molar-refractivity contribution in [2.75, 3.05) is 13.7 Å². The third kappa shape index (κ3) is 3.70. The highest BCUT2D eigenvalue weighted by atomic mass is 19.1. The van der Waals surface area contributed by atoms with Gasteiger partial charge in [-0.25, -0.2) is 4.39 Å². The Balaban J connectivity index is 2.74. The third-order valence-electron chi connectivity index (χ3n) is 3.53. The maximum atomic E-state index is 13.9. The molecule has 1 atom stereocenters. The van der Waals surface area contributed by atoms with E-state index in [1.807, 2.05) is 6.92 Å². The second-order valence-corrected chi connectivity index (χ2v) is 4.67. The van der Waals surface area contributed by atoms with Gasteiger partial charge in [-0.1, -0.05) is 32.8 Å². The summed E-state index contributed by atoms with van der Waals surface area (Å²) in [6, 6.07) is 4.91. The maximum Gasteiger partial charge on any atom is 0.131 e. The molecule has 0 aromatic heterocycles. The number of nitrogens with one attached hydrogen (secondary N) is 1. The summed E-state index contributed by atoms with van der Waals surface area (Å²) in [5.74, 6) is 1.05. The Morgan fingerprint density at radius 2 is 1.94 bits per heavy atom. The first-order chi connectivity index (χ1) is 8.63. The topological polar surface area (TPSA) is 21.3 Å². The third-order valence-corrected chi connectivity index (χ3v) is 3.53. The Hall–Kier alpha value is -1.09. The lowest BCUT2D eigenvalue weighted by molar-refractivity contribution is 0.380. The molecule has 1 N–H and O–H groups in total. The molecule has 0 radical (unpaired) electrons. The molecular weight excluding hydrogens is 229 g/mol. The van der Waals surface area contributed by atoms with Crippen molar-refractivity contribution in [3.8, 4) is 5.75 Å². The van der Waals surface area contributed by atoms with Gasteiger partial charge in [0.15, 0.2) is 0 Å². The number of hydrogen-bond donors (Lipinski definition) is 1. The van der Waals surface area contributed by atoms with Crippen LogP contribution in [0.25, 0.3) is 0 Å². The van der Waals surface area contributed by atoms with E-state index in [9.17, 15) is 4.39 Å². The summed E-state index contributed by atoms with van der Waals surface area (Å²) < 4.78 is 19.1. The van der Waals surface area contributed by atoms with Crippen molar-refractivity contribution in [1.82, 2.24) is 5.32 Å². The molecule has 0 amide bonds. The standard InChI is InChI=1S/C15H24FNO/c1-5-12(6-2)10-17-11(3)15-13(16)8-7-9-14(15)18-4/h7-9,11-12,17H,5-6,10H2,1-4H3. The minimum Gasteiger partial charge on any atom is -0.496 e. The number of benzene rings is 1. The molecule has 1 rings (SSSR count). The molecule has 0 bridgehead atoms. The van der Waals surface area contributed by atoms with Gasteiger partial charge in [0.2, 0.25) is 0 Å². The molecule has 0 aliphatic heterocycles. The van der Waals surface area contributed by atoms with E-state index in [1.165, 1.54) is 6.07 Å². The monoisotopic (exact) mass is 253 g/mol. The van der Waals surface area contributed by atoms with Gasteiger partial charge in [0.05, 0.1) is 7.11 Å². The van der Waals surface area contributed by atoms with Crippen LogP contribution in [-0.2, 0) is 0 Å². The Morgan fingerprint density at radius 3 is 2.50 bits per heavy atom. The Morgan fingerprint density at radius 1 is 1.28 bits per heavy atom. The number of methoxy groups -OCH3 is 1. The smallest absolute Gasteiger partial charge is 0.131 e. The SMILES string of the molecule is CCC(CC)CNC(C)c1c(F)cccc1OC. The van der Waals surface area contributed by atoms with Crippen LogP contribution in [0, 0.1) is 11.7 Å². The van der Waals surface area contributed by atoms with E-state index in [-0.39, 0.29) is 11.9 Å². The van der Waals surface area contributed by atoms with E-state index in [4.69, 9.17) is 4.74 Å². The molecule has 0 aliphatic carbocycles. The van der Waals surface area contributed by atoms with Gasteiger partial charge in [-0.3, -0.25) is 0 Å². The zero-order valence-electron chi connectivity index (χ0n) is 11.8. The molecule has 2 nitrogen and oxygen atoms in total. The molecule has 1 aromatic rings. The van der Waals surface area contributed by atoms with Crippen LogP contribution in [0.15, 0.2) is 18.2 Å². The normalized spacial score (nSPS) is 12.8. The summed E-state index contributed by atoms with van der Waals surface area (Å²) in [6.45, 7) is 7.25. The lowest BCUT2D eigenvalue weighted by Gasteiger charge is -2.21. The summed E-state index contributed by atoms with van der Waals surface area (Å²) in [4.78, 5) is 0. The number of rotatable bonds is 7. The first-order valence-corrected chi connectivity index (χ1v) is 6.69. The van der Waals surface area contributed by atoms with E-state index >= 15 is 0 Å². The molecule has 1 unspecified atom stereocenters. The lowest BCUT2D eigenvalue weighted by atomic mass is 10.0. The van der Waals surface area contributed by atoms with Crippen molar-refractivity contribution in [3.05, 3.63) is 29.6 Å². The summed E-state index contributed by atoms with van der Waals surface area (Å²) in [6.07, 6.45) is 2.29. The molecule has 0 aliphatic rings. The first-order valence-electron chi connectivity index (χ1n) is 6.69.